The van der Waals surface area contributed by atoms with Gasteiger partial charge >= 0.3 is 21.3 Å². The summed E-state index contributed by atoms with van der Waals surface area (Å²) in [6, 6.07) is 0. The minimum atomic E-state index is -5.77. The van der Waals surface area contributed by atoms with E-state index in [4.69, 9.17) is 4.55 Å². The first-order valence-corrected chi connectivity index (χ1v) is 9.19. The van der Waals surface area contributed by atoms with E-state index in [-0.39, 0.29) is 6.61 Å². The number of rotatable bonds is 13. The lowest BCUT2D eigenvalue weighted by molar-refractivity contribution is -0.161. The molecule has 0 aromatic heterocycles. The van der Waals surface area contributed by atoms with Crippen molar-refractivity contribution in [1.82, 2.24) is 0 Å². The predicted octanol–water partition coefficient (Wildman–Crippen LogP) is 3.93. The van der Waals surface area contributed by atoms with Crippen LogP contribution in [0, 0.1) is 0 Å². The quantitative estimate of drug-likeness (QED) is 0.311. The molecule has 132 valence electrons. The highest BCUT2D eigenvalue weighted by Crippen LogP contribution is 2.22. The first kappa shape index (κ1) is 21.2. The molecule has 0 spiro atoms. The van der Waals surface area contributed by atoms with E-state index in [2.05, 4.69) is 11.7 Å². The molecule has 0 aromatic carbocycles. The molecule has 5 nitrogen and oxygen atoms in total. The Morgan fingerprint density at radius 2 is 1.36 bits per heavy atom. The van der Waals surface area contributed by atoms with Crippen LogP contribution >= 0.6 is 0 Å². The summed E-state index contributed by atoms with van der Waals surface area (Å²) in [6.07, 6.45) is 10.4. The minimum Gasteiger partial charge on any atom is -0.460 e. The molecule has 0 aliphatic rings. The molecule has 0 fully saturated rings. The molecule has 0 saturated heterocycles. The molecule has 8 heteroatoms. The van der Waals surface area contributed by atoms with Crippen molar-refractivity contribution in [3.63, 3.8) is 0 Å². The summed E-state index contributed by atoms with van der Waals surface area (Å²) < 4.78 is 58.6. The second-order valence-electron chi connectivity index (χ2n) is 5.31. The van der Waals surface area contributed by atoms with E-state index < -0.39 is 21.3 Å². The Bertz CT molecular complexity index is 409. The van der Waals surface area contributed by atoms with Crippen molar-refractivity contribution in [3.8, 4) is 0 Å². The van der Waals surface area contributed by atoms with Gasteiger partial charge < -0.3 is 4.74 Å². The van der Waals surface area contributed by atoms with Crippen LogP contribution in [-0.4, -0.2) is 30.8 Å². The SMILES string of the molecule is CCCCCCCCCCCCOC(=O)C(F)(F)S(=O)(=O)O. The maximum atomic E-state index is 12.8. The average molecular weight is 344 g/mol. The number of esters is 1. The maximum Gasteiger partial charge on any atom is 0.465 e. The van der Waals surface area contributed by atoms with Crippen LogP contribution in [0.4, 0.5) is 8.78 Å². The summed E-state index contributed by atoms with van der Waals surface area (Å²) in [5.41, 5.74) is 0. The Hall–Kier alpha value is -0.760. The van der Waals surface area contributed by atoms with Gasteiger partial charge in [-0.2, -0.15) is 17.2 Å². The third-order valence-corrected chi connectivity index (χ3v) is 4.11. The molecule has 0 unspecified atom stereocenters. The number of halogens is 2. The number of hydrogen-bond donors (Lipinski definition) is 1. The van der Waals surface area contributed by atoms with Crippen LogP contribution in [0.3, 0.4) is 0 Å². The van der Waals surface area contributed by atoms with Crippen molar-refractivity contribution in [1.29, 1.82) is 0 Å². The maximum absolute atomic E-state index is 12.8. The number of hydrogen-bond acceptors (Lipinski definition) is 4. The molecule has 0 radical (unpaired) electrons. The zero-order valence-corrected chi connectivity index (χ0v) is 13.8. The summed E-state index contributed by atoms with van der Waals surface area (Å²) in [4.78, 5) is 10.9. The van der Waals surface area contributed by atoms with Gasteiger partial charge in [0, 0.05) is 0 Å². The summed E-state index contributed by atoms with van der Waals surface area (Å²) in [7, 11) is -5.77. The highest BCUT2D eigenvalue weighted by Gasteiger charge is 2.54. The zero-order chi connectivity index (χ0) is 17.1. The van der Waals surface area contributed by atoms with Crippen molar-refractivity contribution in [2.75, 3.05) is 6.61 Å². The normalized spacial score (nSPS) is 12.4. The van der Waals surface area contributed by atoms with Gasteiger partial charge in [0.05, 0.1) is 6.61 Å². The van der Waals surface area contributed by atoms with Gasteiger partial charge in [0.25, 0.3) is 0 Å². The zero-order valence-electron chi connectivity index (χ0n) is 13.0. The van der Waals surface area contributed by atoms with Gasteiger partial charge in [0.2, 0.25) is 0 Å². The molecule has 22 heavy (non-hydrogen) atoms. The van der Waals surface area contributed by atoms with Gasteiger partial charge in [-0.1, -0.05) is 64.7 Å². The first-order valence-electron chi connectivity index (χ1n) is 7.75. The second kappa shape index (κ2) is 10.9. The van der Waals surface area contributed by atoms with Gasteiger partial charge in [-0.05, 0) is 6.42 Å². The fourth-order valence-corrected chi connectivity index (χ4v) is 2.21. The highest BCUT2D eigenvalue weighted by atomic mass is 32.2. The molecule has 0 saturated carbocycles. The van der Waals surface area contributed by atoms with Crippen molar-refractivity contribution in [2.45, 2.75) is 76.4 Å². The fourth-order valence-electron chi connectivity index (χ4n) is 1.94. The van der Waals surface area contributed by atoms with Gasteiger partial charge in [0.15, 0.2) is 0 Å². The molecule has 0 aliphatic carbocycles. The average Bonchev–Trinajstić information content (AvgIpc) is 2.43. The lowest BCUT2D eigenvalue weighted by atomic mass is 10.1. The van der Waals surface area contributed by atoms with Crippen LogP contribution in [0.1, 0.15) is 71.1 Å². The van der Waals surface area contributed by atoms with Crippen LogP contribution in [-0.2, 0) is 19.6 Å². The molecule has 0 amide bonds. The molecule has 0 rings (SSSR count). The summed E-state index contributed by atoms with van der Waals surface area (Å²) in [5, 5.41) is -4.90. The number of alkyl halides is 2. The fraction of sp³-hybridized carbons (Fsp3) is 0.929. The molecule has 0 atom stereocenters. The van der Waals surface area contributed by atoms with Crippen LogP contribution in [0.2, 0.25) is 0 Å². The molecule has 0 heterocycles. The van der Waals surface area contributed by atoms with E-state index in [1.807, 2.05) is 0 Å². The second-order valence-corrected chi connectivity index (χ2v) is 6.77. The van der Waals surface area contributed by atoms with Crippen LogP contribution in [0.5, 0.6) is 0 Å². The molecule has 0 aromatic rings. The molecular weight excluding hydrogens is 318 g/mol. The number of carbonyl (C=O) groups excluding carboxylic acids is 1. The van der Waals surface area contributed by atoms with E-state index in [1.54, 1.807) is 0 Å². The molecular formula is C14H26F2O5S. The van der Waals surface area contributed by atoms with Crippen molar-refractivity contribution in [2.24, 2.45) is 0 Å². The van der Waals surface area contributed by atoms with Gasteiger partial charge in [-0.25, -0.2) is 4.79 Å². The topological polar surface area (TPSA) is 80.7 Å². The molecule has 0 aliphatic heterocycles. The van der Waals surface area contributed by atoms with E-state index in [1.165, 1.54) is 32.1 Å². The molecule has 1 N–H and O–H groups in total. The van der Waals surface area contributed by atoms with Crippen molar-refractivity contribution < 1.29 is 31.3 Å². The Balaban J connectivity index is 3.56. The Kier molecular flexibility index (Phi) is 10.5. The first-order chi connectivity index (χ1) is 10.2. The number of unbranched alkanes of at least 4 members (excludes halogenated alkanes) is 9. The van der Waals surface area contributed by atoms with Gasteiger partial charge in [-0.3, -0.25) is 4.55 Å². The van der Waals surface area contributed by atoms with E-state index in [9.17, 15) is 22.0 Å². The summed E-state index contributed by atoms with van der Waals surface area (Å²) >= 11 is 0. The number of carbonyl (C=O) groups is 1. The summed E-state index contributed by atoms with van der Waals surface area (Å²) in [6.45, 7) is 1.89. The Labute approximate surface area is 131 Å². The third kappa shape index (κ3) is 8.63. The van der Waals surface area contributed by atoms with Crippen molar-refractivity contribution >= 4 is 16.1 Å². The predicted molar refractivity (Wildman–Crippen MR) is 79.3 cm³/mol. The highest BCUT2D eigenvalue weighted by molar-refractivity contribution is 7.87. The third-order valence-electron chi connectivity index (χ3n) is 3.29. The molecule has 0 bridgehead atoms. The largest absolute Gasteiger partial charge is 0.465 e. The van der Waals surface area contributed by atoms with Crippen molar-refractivity contribution in [3.05, 3.63) is 0 Å². The summed E-state index contributed by atoms with van der Waals surface area (Å²) in [5.74, 6) is -2.23. The standard InChI is InChI=1S/C14H26F2O5S/c1-2-3-4-5-6-7-8-9-10-11-12-21-13(17)14(15,16)22(18,19)20/h2-12H2,1H3,(H,18,19,20). The van der Waals surface area contributed by atoms with Crippen LogP contribution < -0.4 is 0 Å². The lowest BCUT2D eigenvalue weighted by Crippen LogP contribution is -2.39. The van der Waals surface area contributed by atoms with Gasteiger partial charge in [-0.15, -0.1) is 0 Å². The van der Waals surface area contributed by atoms with E-state index >= 15 is 0 Å². The lowest BCUT2D eigenvalue weighted by Gasteiger charge is -2.11. The van der Waals surface area contributed by atoms with Gasteiger partial charge in [0.1, 0.15) is 0 Å². The number of ether oxygens (including phenoxy) is 1. The van der Waals surface area contributed by atoms with E-state index in [0.29, 0.717) is 6.42 Å². The smallest absolute Gasteiger partial charge is 0.460 e. The monoisotopic (exact) mass is 344 g/mol. The van der Waals surface area contributed by atoms with E-state index in [0.717, 1.165) is 25.7 Å². The Morgan fingerprint density at radius 3 is 1.77 bits per heavy atom. The van der Waals surface area contributed by atoms with Crippen LogP contribution in [0.25, 0.3) is 0 Å². The van der Waals surface area contributed by atoms with Crippen LogP contribution in [0.15, 0.2) is 0 Å². The Morgan fingerprint density at radius 1 is 0.955 bits per heavy atom. The minimum absolute atomic E-state index is 0.277.